The van der Waals surface area contributed by atoms with Crippen molar-refractivity contribution in [3.63, 3.8) is 0 Å². The maximum atomic E-state index is 13.5. The number of Topliss-reactive ketones (excluding diaryl/α,β-unsaturated/α-hetero) is 1. The molecule has 10 heteroatoms. The van der Waals surface area contributed by atoms with Crippen molar-refractivity contribution in [2.24, 2.45) is 0 Å². The normalized spacial score (nSPS) is 16.9. The van der Waals surface area contributed by atoms with E-state index in [1.807, 2.05) is 86.9 Å². The number of aromatic nitrogens is 3. The van der Waals surface area contributed by atoms with Crippen LogP contribution in [0.4, 0.5) is 5.13 Å². The van der Waals surface area contributed by atoms with Crippen LogP contribution in [0.1, 0.15) is 61.5 Å². The van der Waals surface area contributed by atoms with Gasteiger partial charge in [0.15, 0.2) is 17.0 Å². The summed E-state index contributed by atoms with van der Waals surface area (Å²) in [5, 5.41) is 31.8. The SMILES string of the molecule is CC(C)Nc1nc([C@H]2c3ccccc3CN2C(=O)[C@H](O)[C@@H](O)C(=O)C[C@H](C)c2ccc(-n3cccn3)cc2)cs1. The summed E-state index contributed by atoms with van der Waals surface area (Å²) in [6, 6.07) is 16.8. The molecule has 0 saturated heterocycles. The van der Waals surface area contributed by atoms with E-state index in [2.05, 4.69) is 10.4 Å². The van der Waals surface area contributed by atoms with Gasteiger partial charge in [-0.25, -0.2) is 9.67 Å². The quantitative estimate of drug-likeness (QED) is 0.268. The number of rotatable bonds is 10. The van der Waals surface area contributed by atoms with Gasteiger partial charge in [-0.1, -0.05) is 43.3 Å². The molecule has 40 heavy (non-hydrogen) atoms. The standard InChI is InChI=1S/C30H33N5O4S/c1-18(2)32-30-33-24(17-40-30)26-23-8-5-4-7-21(23)16-34(26)29(39)28(38)27(37)25(36)15-19(3)20-9-11-22(12-10-20)35-14-6-13-31-35/h4-14,17-19,26-28,37-38H,15-16H2,1-3H3,(H,32,33)/t19-,26+,27-,28+/m0/s1. The zero-order valence-electron chi connectivity index (χ0n) is 22.6. The third kappa shape index (κ3) is 5.70. The van der Waals surface area contributed by atoms with Crippen LogP contribution in [0.3, 0.4) is 0 Å². The van der Waals surface area contributed by atoms with Crippen LogP contribution in [0.2, 0.25) is 0 Å². The lowest BCUT2D eigenvalue weighted by atomic mass is 9.92. The molecule has 0 fully saturated rings. The molecule has 0 spiro atoms. The van der Waals surface area contributed by atoms with Crippen molar-refractivity contribution in [1.82, 2.24) is 19.7 Å². The van der Waals surface area contributed by atoms with Crippen LogP contribution in [0.5, 0.6) is 0 Å². The number of ketones is 1. The highest BCUT2D eigenvalue weighted by molar-refractivity contribution is 7.13. The summed E-state index contributed by atoms with van der Waals surface area (Å²) in [7, 11) is 0. The first-order valence-corrected chi connectivity index (χ1v) is 14.2. The molecular formula is C30H33N5O4S. The molecule has 208 valence electrons. The van der Waals surface area contributed by atoms with Crippen molar-refractivity contribution >= 4 is 28.2 Å². The van der Waals surface area contributed by atoms with Gasteiger partial charge in [-0.2, -0.15) is 5.10 Å². The van der Waals surface area contributed by atoms with Crippen molar-refractivity contribution in [3.8, 4) is 5.69 Å². The summed E-state index contributed by atoms with van der Waals surface area (Å²) in [4.78, 5) is 32.7. The van der Waals surface area contributed by atoms with Gasteiger partial charge >= 0.3 is 0 Å². The van der Waals surface area contributed by atoms with Gasteiger partial charge in [-0.15, -0.1) is 11.3 Å². The fraction of sp³-hybridized carbons (Fsp3) is 0.333. The first kappa shape index (κ1) is 27.7. The highest BCUT2D eigenvalue weighted by Gasteiger charge is 2.41. The second-order valence-corrected chi connectivity index (χ2v) is 11.3. The third-order valence-corrected chi connectivity index (χ3v) is 7.91. The van der Waals surface area contributed by atoms with Gasteiger partial charge in [0, 0.05) is 36.8 Å². The first-order valence-electron chi connectivity index (χ1n) is 13.3. The van der Waals surface area contributed by atoms with Crippen molar-refractivity contribution in [3.05, 3.63) is 94.8 Å². The Hall–Kier alpha value is -3.86. The predicted molar refractivity (Wildman–Crippen MR) is 153 cm³/mol. The number of amides is 1. The van der Waals surface area contributed by atoms with E-state index < -0.39 is 29.9 Å². The molecule has 1 amide bonds. The van der Waals surface area contributed by atoms with Crippen LogP contribution in [0.15, 0.2) is 72.4 Å². The smallest absolute Gasteiger partial charge is 0.255 e. The lowest BCUT2D eigenvalue weighted by Crippen LogP contribution is -2.47. The number of carbonyl (C=O) groups is 2. The van der Waals surface area contributed by atoms with Gasteiger partial charge in [0.05, 0.1) is 11.4 Å². The lowest BCUT2D eigenvalue weighted by Gasteiger charge is -2.28. The van der Waals surface area contributed by atoms with Crippen molar-refractivity contribution < 1.29 is 19.8 Å². The fourth-order valence-corrected chi connectivity index (χ4v) is 5.91. The maximum absolute atomic E-state index is 13.5. The zero-order chi connectivity index (χ0) is 28.4. The summed E-state index contributed by atoms with van der Waals surface area (Å²) in [5.41, 5.74) is 4.32. The van der Waals surface area contributed by atoms with Gasteiger partial charge < -0.3 is 20.4 Å². The number of carbonyl (C=O) groups excluding carboxylic acids is 2. The van der Waals surface area contributed by atoms with Crippen LogP contribution in [-0.2, 0) is 16.1 Å². The molecule has 5 rings (SSSR count). The Bertz CT molecular complexity index is 1470. The number of fused-ring (bicyclic) bond motifs is 1. The number of aliphatic hydroxyl groups excluding tert-OH is 2. The lowest BCUT2D eigenvalue weighted by molar-refractivity contribution is -0.153. The second kappa shape index (κ2) is 11.7. The first-order chi connectivity index (χ1) is 19.2. The number of aliphatic hydroxyl groups is 2. The number of benzene rings is 2. The Morgan fingerprint density at radius 2 is 1.80 bits per heavy atom. The summed E-state index contributed by atoms with van der Waals surface area (Å²) < 4.78 is 1.74. The number of nitrogens with zero attached hydrogens (tertiary/aromatic N) is 4. The number of anilines is 1. The van der Waals surface area contributed by atoms with E-state index in [0.29, 0.717) is 5.69 Å². The van der Waals surface area contributed by atoms with Crippen LogP contribution in [0.25, 0.3) is 5.69 Å². The molecule has 0 unspecified atom stereocenters. The summed E-state index contributed by atoms with van der Waals surface area (Å²) in [5.74, 6) is -1.51. The van der Waals surface area contributed by atoms with Gasteiger partial charge in [0.2, 0.25) is 0 Å². The fourth-order valence-electron chi connectivity index (χ4n) is 5.04. The highest BCUT2D eigenvalue weighted by atomic mass is 32.1. The Kier molecular flexibility index (Phi) is 8.11. The number of thiazole rings is 1. The van der Waals surface area contributed by atoms with E-state index in [1.54, 1.807) is 10.9 Å². The van der Waals surface area contributed by atoms with Gasteiger partial charge in [0.1, 0.15) is 12.1 Å². The Balaban J connectivity index is 1.28. The molecule has 0 bridgehead atoms. The molecule has 3 N–H and O–H groups in total. The largest absolute Gasteiger partial charge is 0.382 e. The summed E-state index contributed by atoms with van der Waals surface area (Å²) in [6.07, 6.45) is -0.200. The number of nitrogens with one attached hydrogen (secondary N) is 1. The van der Waals surface area contributed by atoms with Gasteiger partial charge in [0.25, 0.3) is 5.91 Å². The molecule has 2 aromatic heterocycles. The molecule has 2 aromatic carbocycles. The molecule has 0 aliphatic carbocycles. The highest BCUT2D eigenvalue weighted by Crippen LogP contribution is 2.40. The molecule has 1 aliphatic rings. The van der Waals surface area contributed by atoms with Crippen LogP contribution in [-0.4, -0.2) is 59.8 Å². The molecule has 3 heterocycles. The Morgan fingerprint density at radius 1 is 1.05 bits per heavy atom. The van der Waals surface area contributed by atoms with E-state index in [-0.39, 0.29) is 24.9 Å². The molecule has 0 radical (unpaired) electrons. The minimum Gasteiger partial charge on any atom is -0.382 e. The molecule has 1 aliphatic heterocycles. The third-order valence-electron chi connectivity index (χ3n) is 7.12. The molecule has 4 aromatic rings. The number of hydrogen-bond donors (Lipinski definition) is 3. The van der Waals surface area contributed by atoms with Crippen molar-refractivity contribution in [2.45, 2.75) is 63.9 Å². The van der Waals surface area contributed by atoms with Crippen LogP contribution >= 0.6 is 11.3 Å². The second-order valence-electron chi connectivity index (χ2n) is 10.4. The van der Waals surface area contributed by atoms with Crippen LogP contribution < -0.4 is 5.32 Å². The monoisotopic (exact) mass is 559 g/mol. The van der Waals surface area contributed by atoms with Gasteiger partial charge in [-0.3, -0.25) is 9.59 Å². The van der Waals surface area contributed by atoms with Gasteiger partial charge in [-0.05, 0) is 54.7 Å². The summed E-state index contributed by atoms with van der Waals surface area (Å²) in [6.45, 7) is 6.17. The predicted octanol–water partition coefficient (Wildman–Crippen LogP) is 4.07. The van der Waals surface area contributed by atoms with E-state index in [1.165, 1.54) is 16.2 Å². The molecule has 0 saturated carbocycles. The van der Waals surface area contributed by atoms with E-state index in [9.17, 15) is 19.8 Å². The van der Waals surface area contributed by atoms with Crippen molar-refractivity contribution in [2.75, 3.05) is 5.32 Å². The topological polar surface area (TPSA) is 121 Å². The molecular weight excluding hydrogens is 526 g/mol. The molecule has 4 atom stereocenters. The number of hydrogen-bond acceptors (Lipinski definition) is 8. The Morgan fingerprint density at radius 3 is 2.50 bits per heavy atom. The average Bonchev–Trinajstić information content (AvgIpc) is 3.71. The average molecular weight is 560 g/mol. The minimum absolute atomic E-state index is 0.0212. The van der Waals surface area contributed by atoms with Crippen LogP contribution in [0, 0.1) is 0 Å². The van der Waals surface area contributed by atoms with Crippen molar-refractivity contribution in [1.29, 1.82) is 0 Å². The van der Waals surface area contributed by atoms with E-state index in [0.717, 1.165) is 27.5 Å². The minimum atomic E-state index is -1.88. The molecule has 9 nitrogen and oxygen atoms in total. The zero-order valence-corrected chi connectivity index (χ0v) is 23.5. The maximum Gasteiger partial charge on any atom is 0.255 e. The van der Waals surface area contributed by atoms with E-state index >= 15 is 0 Å². The summed E-state index contributed by atoms with van der Waals surface area (Å²) >= 11 is 1.45. The Labute approximate surface area is 237 Å². The van der Waals surface area contributed by atoms with E-state index in [4.69, 9.17) is 4.98 Å².